The highest BCUT2D eigenvalue weighted by Crippen LogP contribution is 2.40. The second-order valence-corrected chi connectivity index (χ2v) is 6.41. The molecule has 0 heterocycles. The molecule has 8 heteroatoms. The molecule has 0 aromatic heterocycles. The van der Waals surface area contributed by atoms with Gasteiger partial charge in [0.05, 0.1) is 40.3 Å². The molecule has 0 aliphatic rings. The van der Waals surface area contributed by atoms with Crippen LogP contribution in [-0.4, -0.2) is 54.3 Å². The van der Waals surface area contributed by atoms with Crippen molar-refractivity contribution < 1.29 is 28.5 Å². The summed E-state index contributed by atoms with van der Waals surface area (Å²) < 4.78 is 21.4. The summed E-state index contributed by atoms with van der Waals surface area (Å²) in [6.45, 7) is 0. The van der Waals surface area contributed by atoms with Gasteiger partial charge < -0.3 is 29.6 Å². The van der Waals surface area contributed by atoms with Gasteiger partial charge >= 0.3 is 0 Å². The maximum atomic E-state index is 13.0. The number of rotatable bonds is 9. The molecular formula is C22H28N2O6. The molecule has 0 radical (unpaired) electrons. The van der Waals surface area contributed by atoms with E-state index in [1.54, 1.807) is 36.4 Å². The summed E-state index contributed by atoms with van der Waals surface area (Å²) in [5.41, 5.74) is 1.21. The summed E-state index contributed by atoms with van der Waals surface area (Å²) in [5, 5.41) is 5.33. The first kappa shape index (κ1) is 22.9. The zero-order valence-corrected chi connectivity index (χ0v) is 18.1. The van der Waals surface area contributed by atoms with Crippen molar-refractivity contribution in [2.75, 3.05) is 42.5 Å². The number of hydrogen-bond donors (Lipinski definition) is 2. The van der Waals surface area contributed by atoms with Crippen LogP contribution in [-0.2, 0) is 9.59 Å². The lowest BCUT2D eigenvalue weighted by molar-refractivity contribution is -0.128. The van der Waals surface area contributed by atoms with Gasteiger partial charge in [0.25, 0.3) is 0 Å². The van der Waals surface area contributed by atoms with Gasteiger partial charge in [0, 0.05) is 14.1 Å². The maximum Gasteiger partial charge on any atom is 0.228 e. The van der Waals surface area contributed by atoms with Crippen LogP contribution in [0.3, 0.4) is 0 Å². The first-order valence-electron chi connectivity index (χ1n) is 9.32. The summed E-state index contributed by atoms with van der Waals surface area (Å²) in [6.07, 6.45) is 0. The zero-order chi connectivity index (χ0) is 22.3. The fourth-order valence-electron chi connectivity index (χ4n) is 3.39. The van der Waals surface area contributed by atoms with Crippen LogP contribution in [0.25, 0.3) is 0 Å². The molecule has 0 saturated heterocycles. The summed E-state index contributed by atoms with van der Waals surface area (Å²) in [7, 11) is 9.16. The van der Waals surface area contributed by atoms with Crippen molar-refractivity contribution in [2.45, 2.75) is 11.8 Å². The standard InChI is InChI=1S/C22H28N2O6/c1-23-21(25)19(13-7-9-15(27-3)17(11-13)29-5)20(22(26)24-2)14-8-10-16(28-4)18(12-14)30-6/h7-12,19-20H,1-6H3,(H,23,25)(H,24,26)/t19-,20-/m1/s1. The quantitative estimate of drug-likeness (QED) is 0.650. The van der Waals surface area contributed by atoms with Gasteiger partial charge in [-0.1, -0.05) is 12.1 Å². The maximum absolute atomic E-state index is 13.0. The van der Waals surface area contributed by atoms with Crippen LogP contribution in [0.1, 0.15) is 23.0 Å². The van der Waals surface area contributed by atoms with Crippen LogP contribution in [0.15, 0.2) is 36.4 Å². The Kier molecular flexibility index (Phi) is 7.91. The molecule has 2 rings (SSSR count). The average molecular weight is 416 g/mol. The van der Waals surface area contributed by atoms with Crippen LogP contribution in [0, 0.1) is 0 Å². The molecular weight excluding hydrogens is 388 g/mol. The monoisotopic (exact) mass is 416 g/mol. The normalized spacial score (nSPS) is 12.3. The lowest BCUT2D eigenvalue weighted by atomic mass is 9.79. The molecule has 0 aliphatic heterocycles. The number of amides is 2. The highest BCUT2D eigenvalue weighted by molar-refractivity contribution is 5.94. The van der Waals surface area contributed by atoms with Gasteiger partial charge in [0.15, 0.2) is 23.0 Å². The number of methoxy groups -OCH3 is 4. The van der Waals surface area contributed by atoms with E-state index in [0.29, 0.717) is 34.1 Å². The number of benzene rings is 2. The molecule has 0 unspecified atom stereocenters. The molecule has 2 N–H and O–H groups in total. The van der Waals surface area contributed by atoms with Gasteiger partial charge in [-0.25, -0.2) is 0 Å². The lowest BCUT2D eigenvalue weighted by Gasteiger charge is -2.26. The fraction of sp³-hybridized carbons (Fsp3) is 0.364. The fourth-order valence-corrected chi connectivity index (χ4v) is 3.39. The number of hydrogen-bond acceptors (Lipinski definition) is 6. The Hall–Kier alpha value is -3.42. The number of likely N-dealkylation sites (N-methyl/N-ethyl adjacent to an activating group) is 2. The van der Waals surface area contributed by atoms with Gasteiger partial charge in [-0.05, 0) is 35.4 Å². The molecule has 2 aromatic rings. The van der Waals surface area contributed by atoms with E-state index in [9.17, 15) is 9.59 Å². The molecule has 2 atom stereocenters. The van der Waals surface area contributed by atoms with Gasteiger partial charge in [0.1, 0.15) is 0 Å². The molecule has 162 valence electrons. The van der Waals surface area contributed by atoms with E-state index < -0.39 is 11.8 Å². The topological polar surface area (TPSA) is 95.1 Å². The van der Waals surface area contributed by atoms with E-state index in [4.69, 9.17) is 18.9 Å². The Balaban J connectivity index is 2.68. The number of nitrogens with one attached hydrogen (secondary N) is 2. The van der Waals surface area contributed by atoms with Gasteiger partial charge in [-0.3, -0.25) is 9.59 Å². The van der Waals surface area contributed by atoms with Crippen LogP contribution >= 0.6 is 0 Å². The third kappa shape index (κ3) is 4.59. The van der Waals surface area contributed by atoms with Crippen molar-refractivity contribution in [3.05, 3.63) is 47.5 Å². The van der Waals surface area contributed by atoms with Gasteiger partial charge in [0.2, 0.25) is 11.8 Å². The average Bonchev–Trinajstić information content (AvgIpc) is 2.80. The Morgan fingerprint density at radius 3 is 1.23 bits per heavy atom. The molecule has 0 spiro atoms. The minimum absolute atomic E-state index is 0.314. The van der Waals surface area contributed by atoms with Crippen molar-refractivity contribution in [2.24, 2.45) is 0 Å². The summed E-state index contributed by atoms with van der Waals surface area (Å²) in [6, 6.07) is 10.3. The van der Waals surface area contributed by atoms with Crippen LogP contribution in [0.5, 0.6) is 23.0 Å². The van der Waals surface area contributed by atoms with E-state index >= 15 is 0 Å². The third-order valence-corrected chi connectivity index (χ3v) is 4.92. The SMILES string of the molecule is CNC(=O)[C@H](c1ccc(OC)c(OC)c1)[C@H](C(=O)NC)c1ccc(OC)c(OC)c1. The largest absolute Gasteiger partial charge is 0.493 e. The number of ether oxygens (including phenoxy) is 4. The van der Waals surface area contributed by atoms with Crippen LogP contribution < -0.4 is 29.6 Å². The second-order valence-electron chi connectivity index (χ2n) is 6.41. The number of carbonyl (C=O) groups excluding carboxylic acids is 2. The van der Waals surface area contributed by atoms with Crippen molar-refractivity contribution in [1.29, 1.82) is 0 Å². The first-order valence-corrected chi connectivity index (χ1v) is 9.32. The third-order valence-electron chi connectivity index (χ3n) is 4.92. The summed E-state index contributed by atoms with van der Waals surface area (Å²) in [4.78, 5) is 25.9. The van der Waals surface area contributed by atoms with Crippen LogP contribution in [0.2, 0.25) is 0 Å². The molecule has 2 amide bonds. The van der Waals surface area contributed by atoms with Crippen molar-refractivity contribution in [3.63, 3.8) is 0 Å². The molecule has 0 aliphatic carbocycles. The Bertz CT molecular complexity index is 826. The smallest absolute Gasteiger partial charge is 0.228 e. The van der Waals surface area contributed by atoms with E-state index in [2.05, 4.69) is 10.6 Å². The van der Waals surface area contributed by atoms with Gasteiger partial charge in [-0.15, -0.1) is 0 Å². The van der Waals surface area contributed by atoms with E-state index in [-0.39, 0.29) is 11.8 Å². The van der Waals surface area contributed by atoms with Crippen molar-refractivity contribution >= 4 is 11.8 Å². The molecule has 30 heavy (non-hydrogen) atoms. The Morgan fingerprint density at radius 2 is 0.967 bits per heavy atom. The van der Waals surface area contributed by atoms with Crippen LogP contribution in [0.4, 0.5) is 0 Å². The van der Waals surface area contributed by atoms with Gasteiger partial charge in [-0.2, -0.15) is 0 Å². The molecule has 8 nitrogen and oxygen atoms in total. The second kappa shape index (κ2) is 10.4. The summed E-state index contributed by atoms with van der Waals surface area (Å²) >= 11 is 0. The molecule has 0 fully saturated rings. The highest BCUT2D eigenvalue weighted by Gasteiger charge is 2.36. The predicted octanol–water partition coefficient (Wildman–Crippen LogP) is 2.08. The number of carbonyl (C=O) groups is 2. The van der Waals surface area contributed by atoms with Crippen molar-refractivity contribution in [1.82, 2.24) is 10.6 Å². The summed E-state index contributed by atoms with van der Waals surface area (Å²) in [5.74, 6) is -0.297. The lowest BCUT2D eigenvalue weighted by Crippen LogP contribution is -2.37. The van der Waals surface area contributed by atoms with E-state index in [1.807, 2.05) is 0 Å². The Morgan fingerprint density at radius 1 is 0.633 bits per heavy atom. The molecule has 0 bridgehead atoms. The molecule has 0 saturated carbocycles. The minimum Gasteiger partial charge on any atom is -0.493 e. The molecule has 2 aromatic carbocycles. The van der Waals surface area contributed by atoms with E-state index in [1.165, 1.54) is 42.5 Å². The minimum atomic E-state index is -0.826. The highest BCUT2D eigenvalue weighted by atomic mass is 16.5. The first-order chi connectivity index (χ1) is 14.4. The predicted molar refractivity (Wildman–Crippen MR) is 113 cm³/mol. The Labute approximate surface area is 176 Å². The zero-order valence-electron chi connectivity index (χ0n) is 18.1. The van der Waals surface area contributed by atoms with E-state index in [0.717, 1.165) is 0 Å². The van der Waals surface area contributed by atoms with Crippen molar-refractivity contribution in [3.8, 4) is 23.0 Å².